The summed E-state index contributed by atoms with van der Waals surface area (Å²) in [4.78, 5) is 12.6. The van der Waals surface area contributed by atoms with Gasteiger partial charge in [0, 0.05) is 0 Å². The Morgan fingerprint density at radius 3 is 2.21 bits per heavy atom. The van der Waals surface area contributed by atoms with E-state index in [2.05, 4.69) is 5.32 Å². The molecule has 0 aliphatic carbocycles. The number of hydrogen-bond donors (Lipinski definition) is 1. The summed E-state index contributed by atoms with van der Waals surface area (Å²) in [6.07, 6.45) is 1.11. The Bertz CT molecular complexity index is 966. The standard InChI is InChI=1S/C22H30N2O4S/c1-15-11-16(2)13-20(12-15)24(29(6,26)27)19(5)22(25)23-9-10-28-21-8-7-17(3)18(4)14-21/h7-8,11-14,19H,9-10H2,1-6H3,(H,23,25). The van der Waals surface area contributed by atoms with Crippen LogP contribution in [0.25, 0.3) is 0 Å². The molecule has 1 unspecified atom stereocenters. The average Bonchev–Trinajstić information content (AvgIpc) is 2.59. The molecule has 158 valence electrons. The summed E-state index contributed by atoms with van der Waals surface area (Å²) in [5.74, 6) is 0.363. The predicted molar refractivity (Wildman–Crippen MR) is 117 cm³/mol. The molecule has 0 saturated carbocycles. The molecule has 2 aromatic carbocycles. The summed E-state index contributed by atoms with van der Waals surface area (Å²) in [7, 11) is -3.64. The second kappa shape index (κ2) is 9.31. The molecule has 0 spiro atoms. The number of ether oxygens (including phenoxy) is 1. The van der Waals surface area contributed by atoms with E-state index in [1.807, 2.05) is 52.0 Å². The molecular formula is C22H30N2O4S. The highest BCUT2D eigenvalue weighted by Gasteiger charge is 2.29. The van der Waals surface area contributed by atoms with Crippen LogP contribution >= 0.6 is 0 Å². The Kier molecular flexibility index (Phi) is 7.30. The van der Waals surface area contributed by atoms with Crippen LogP contribution in [0.15, 0.2) is 36.4 Å². The van der Waals surface area contributed by atoms with Crippen molar-refractivity contribution in [3.63, 3.8) is 0 Å². The van der Waals surface area contributed by atoms with Crippen LogP contribution in [0.3, 0.4) is 0 Å². The number of nitrogens with one attached hydrogen (secondary N) is 1. The summed E-state index contributed by atoms with van der Waals surface area (Å²) < 4.78 is 31.6. The number of aryl methyl sites for hydroxylation is 4. The van der Waals surface area contributed by atoms with Crippen molar-refractivity contribution in [3.8, 4) is 5.75 Å². The number of sulfonamides is 1. The Morgan fingerprint density at radius 2 is 1.66 bits per heavy atom. The van der Waals surface area contributed by atoms with Crippen LogP contribution in [0.5, 0.6) is 5.75 Å². The Balaban J connectivity index is 2.02. The molecule has 0 bridgehead atoms. The zero-order valence-electron chi connectivity index (χ0n) is 17.9. The van der Waals surface area contributed by atoms with E-state index in [0.717, 1.165) is 33.0 Å². The van der Waals surface area contributed by atoms with Crippen LogP contribution in [0, 0.1) is 27.7 Å². The van der Waals surface area contributed by atoms with Crippen molar-refractivity contribution < 1.29 is 17.9 Å². The van der Waals surface area contributed by atoms with E-state index < -0.39 is 16.1 Å². The normalized spacial score (nSPS) is 12.3. The highest BCUT2D eigenvalue weighted by molar-refractivity contribution is 7.92. The second-order valence-corrected chi connectivity index (χ2v) is 9.33. The minimum atomic E-state index is -3.64. The third-order valence-corrected chi connectivity index (χ3v) is 5.94. The SMILES string of the molecule is Cc1cc(C)cc(N(C(C)C(=O)NCCOc2ccc(C)c(C)c2)S(C)(=O)=O)c1. The molecule has 2 rings (SSSR count). The third-order valence-electron chi connectivity index (χ3n) is 4.70. The molecule has 0 fully saturated rings. The molecule has 0 aliphatic heterocycles. The number of amides is 1. The molecule has 0 aromatic heterocycles. The van der Waals surface area contributed by atoms with Crippen molar-refractivity contribution in [2.45, 2.75) is 40.7 Å². The highest BCUT2D eigenvalue weighted by atomic mass is 32.2. The summed E-state index contributed by atoms with van der Waals surface area (Å²) >= 11 is 0. The van der Waals surface area contributed by atoms with Crippen LogP contribution in [0.1, 0.15) is 29.2 Å². The van der Waals surface area contributed by atoms with Crippen molar-refractivity contribution in [1.29, 1.82) is 0 Å². The number of benzene rings is 2. The first-order chi connectivity index (χ1) is 13.5. The number of carbonyl (C=O) groups is 1. The molecule has 0 heterocycles. The van der Waals surface area contributed by atoms with Crippen LogP contribution in [-0.2, 0) is 14.8 Å². The third kappa shape index (κ3) is 6.22. The molecule has 0 saturated heterocycles. The van der Waals surface area contributed by atoms with Gasteiger partial charge in [-0.3, -0.25) is 9.10 Å². The quantitative estimate of drug-likeness (QED) is 0.668. The Morgan fingerprint density at radius 1 is 1.03 bits per heavy atom. The van der Waals surface area contributed by atoms with Gasteiger partial charge in [-0.1, -0.05) is 12.1 Å². The second-order valence-electron chi connectivity index (χ2n) is 7.47. The van der Waals surface area contributed by atoms with Crippen molar-refractivity contribution in [1.82, 2.24) is 5.32 Å². The van der Waals surface area contributed by atoms with E-state index in [0.29, 0.717) is 12.3 Å². The lowest BCUT2D eigenvalue weighted by Crippen LogP contribution is -2.48. The lowest BCUT2D eigenvalue weighted by atomic mass is 10.1. The highest BCUT2D eigenvalue weighted by Crippen LogP contribution is 2.24. The lowest BCUT2D eigenvalue weighted by molar-refractivity contribution is -0.121. The molecule has 6 nitrogen and oxygen atoms in total. The largest absolute Gasteiger partial charge is 0.492 e. The van der Waals surface area contributed by atoms with Crippen LogP contribution < -0.4 is 14.4 Å². The minimum Gasteiger partial charge on any atom is -0.492 e. The number of nitrogens with zero attached hydrogens (tertiary/aromatic N) is 1. The maximum Gasteiger partial charge on any atom is 0.243 e. The van der Waals surface area contributed by atoms with E-state index in [-0.39, 0.29) is 12.5 Å². The Hall–Kier alpha value is -2.54. The van der Waals surface area contributed by atoms with Gasteiger partial charge in [-0.2, -0.15) is 0 Å². The van der Waals surface area contributed by atoms with Gasteiger partial charge < -0.3 is 10.1 Å². The number of hydrogen-bond acceptors (Lipinski definition) is 4. The molecule has 1 N–H and O–H groups in total. The molecule has 2 aromatic rings. The minimum absolute atomic E-state index is 0.278. The van der Waals surface area contributed by atoms with Gasteiger partial charge in [0.15, 0.2) is 0 Å². The fourth-order valence-electron chi connectivity index (χ4n) is 3.18. The van der Waals surface area contributed by atoms with Gasteiger partial charge in [0.1, 0.15) is 18.4 Å². The molecule has 0 radical (unpaired) electrons. The molecule has 1 amide bonds. The number of rotatable bonds is 8. The molecule has 7 heteroatoms. The van der Waals surface area contributed by atoms with Gasteiger partial charge in [-0.25, -0.2) is 8.42 Å². The average molecular weight is 419 g/mol. The van der Waals surface area contributed by atoms with Gasteiger partial charge in [0.25, 0.3) is 0 Å². The first-order valence-electron chi connectivity index (χ1n) is 9.54. The number of carbonyl (C=O) groups excluding carboxylic acids is 1. The predicted octanol–water partition coefficient (Wildman–Crippen LogP) is 3.27. The molecule has 0 aliphatic rings. The lowest BCUT2D eigenvalue weighted by Gasteiger charge is -2.28. The van der Waals surface area contributed by atoms with Crippen LogP contribution in [0.4, 0.5) is 5.69 Å². The smallest absolute Gasteiger partial charge is 0.243 e. The summed E-state index contributed by atoms with van der Waals surface area (Å²) in [6.45, 7) is 9.99. The van der Waals surface area contributed by atoms with Gasteiger partial charge in [0.05, 0.1) is 18.5 Å². The molecular weight excluding hydrogens is 388 g/mol. The fraction of sp³-hybridized carbons (Fsp3) is 0.409. The van der Waals surface area contributed by atoms with Crippen LogP contribution in [-0.4, -0.2) is 39.8 Å². The van der Waals surface area contributed by atoms with E-state index >= 15 is 0 Å². The molecule has 1 atom stereocenters. The summed E-state index contributed by atoms with van der Waals surface area (Å²) in [6, 6.07) is 10.4. The van der Waals surface area contributed by atoms with E-state index in [1.54, 1.807) is 19.1 Å². The van der Waals surface area contributed by atoms with E-state index in [4.69, 9.17) is 4.74 Å². The van der Waals surface area contributed by atoms with Crippen molar-refractivity contribution in [3.05, 3.63) is 58.7 Å². The van der Waals surface area contributed by atoms with Gasteiger partial charge in [-0.05, 0) is 81.1 Å². The van der Waals surface area contributed by atoms with Gasteiger partial charge >= 0.3 is 0 Å². The molecule has 29 heavy (non-hydrogen) atoms. The zero-order valence-corrected chi connectivity index (χ0v) is 18.8. The number of anilines is 1. The fourth-order valence-corrected chi connectivity index (χ4v) is 4.34. The monoisotopic (exact) mass is 418 g/mol. The van der Waals surface area contributed by atoms with E-state index in [1.165, 1.54) is 5.56 Å². The van der Waals surface area contributed by atoms with Crippen LogP contribution in [0.2, 0.25) is 0 Å². The van der Waals surface area contributed by atoms with Crippen molar-refractivity contribution in [2.24, 2.45) is 0 Å². The first-order valence-corrected chi connectivity index (χ1v) is 11.4. The van der Waals surface area contributed by atoms with E-state index in [9.17, 15) is 13.2 Å². The van der Waals surface area contributed by atoms with Gasteiger partial charge in [0.2, 0.25) is 15.9 Å². The first kappa shape index (κ1) is 22.7. The van der Waals surface area contributed by atoms with Crippen molar-refractivity contribution >= 4 is 21.6 Å². The maximum absolute atomic E-state index is 12.6. The maximum atomic E-state index is 12.6. The van der Waals surface area contributed by atoms with Crippen molar-refractivity contribution in [2.75, 3.05) is 23.7 Å². The zero-order chi connectivity index (χ0) is 21.8. The topological polar surface area (TPSA) is 75.7 Å². The summed E-state index contributed by atoms with van der Waals surface area (Å²) in [5.41, 5.74) is 4.68. The van der Waals surface area contributed by atoms with Gasteiger partial charge in [-0.15, -0.1) is 0 Å². The Labute approximate surface area is 173 Å². The summed E-state index contributed by atoms with van der Waals surface area (Å²) in [5, 5.41) is 2.76.